The molecular weight excluding hydrogens is 317 g/mol. The molecule has 2 heterocycles. The Morgan fingerprint density at radius 1 is 1.46 bits per heavy atom. The van der Waals surface area contributed by atoms with Crippen LogP contribution in [0.1, 0.15) is 31.7 Å². The van der Waals surface area contributed by atoms with Crippen LogP contribution in [-0.2, 0) is 4.74 Å². The van der Waals surface area contributed by atoms with E-state index in [9.17, 15) is 13.2 Å². The molecule has 0 radical (unpaired) electrons. The maximum absolute atomic E-state index is 13.2. The second kappa shape index (κ2) is 6.24. The van der Waals surface area contributed by atoms with E-state index in [2.05, 4.69) is 10.3 Å². The van der Waals surface area contributed by atoms with E-state index >= 15 is 0 Å². The Bertz CT molecular complexity index is 668. The van der Waals surface area contributed by atoms with Crippen LogP contribution in [0.15, 0.2) is 42.1 Å². The van der Waals surface area contributed by atoms with Gasteiger partial charge in [0.1, 0.15) is 5.82 Å². The molecule has 1 aliphatic carbocycles. The highest BCUT2D eigenvalue weighted by Gasteiger charge is 2.46. The summed E-state index contributed by atoms with van der Waals surface area (Å²) in [7, 11) is 0. The molecule has 0 bridgehead atoms. The maximum Gasteiger partial charge on any atom is 0.412 e. The van der Waals surface area contributed by atoms with Gasteiger partial charge >= 0.3 is 6.18 Å². The van der Waals surface area contributed by atoms with Crippen molar-refractivity contribution in [3.63, 3.8) is 0 Å². The number of pyridine rings is 1. The summed E-state index contributed by atoms with van der Waals surface area (Å²) >= 11 is 0. The fraction of sp³-hybridized carbons (Fsp3) is 0.500. The predicted molar refractivity (Wildman–Crippen MR) is 86.9 cm³/mol. The number of nitrogens with zero attached hydrogens (tertiary/aromatic N) is 1. The summed E-state index contributed by atoms with van der Waals surface area (Å²) in [5.41, 5.74) is -0.220. The Morgan fingerprint density at radius 2 is 2.25 bits per heavy atom. The lowest BCUT2D eigenvalue weighted by Gasteiger charge is -2.40. The number of ether oxygens (including phenoxy) is 1. The van der Waals surface area contributed by atoms with Crippen LogP contribution in [0.5, 0.6) is 0 Å². The van der Waals surface area contributed by atoms with Crippen molar-refractivity contribution in [1.29, 1.82) is 0 Å². The lowest BCUT2D eigenvalue weighted by molar-refractivity contribution is -0.102. The third-order valence-corrected chi connectivity index (χ3v) is 4.80. The van der Waals surface area contributed by atoms with E-state index in [-0.39, 0.29) is 18.4 Å². The molecule has 24 heavy (non-hydrogen) atoms. The van der Waals surface area contributed by atoms with Crippen LogP contribution in [0.2, 0.25) is 0 Å². The van der Waals surface area contributed by atoms with Crippen molar-refractivity contribution >= 4 is 5.82 Å². The van der Waals surface area contributed by atoms with Crippen LogP contribution >= 0.6 is 0 Å². The minimum Gasteiger partial charge on any atom is -0.377 e. The Labute approximate surface area is 139 Å². The van der Waals surface area contributed by atoms with Crippen molar-refractivity contribution in [2.24, 2.45) is 5.41 Å². The highest BCUT2D eigenvalue weighted by molar-refractivity contribution is 5.52. The van der Waals surface area contributed by atoms with E-state index in [1.807, 2.05) is 32.1 Å². The van der Waals surface area contributed by atoms with E-state index < -0.39 is 17.2 Å². The van der Waals surface area contributed by atoms with Gasteiger partial charge in [-0.2, -0.15) is 13.2 Å². The van der Waals surface area contributed by atoms with Gasteiger partial charge in [0, 0.05) is 41.8 Å². The summed E-state index contributed by atoms with van der Waals surface area (Å²) in [6.45, 7) is 4.78. The van der Waals surface area contributed by atoms with E-state index in [0.717, 1.165) is 17.5 Å². The number of fused-ring (bicyclic) bond motifs is 1. The highest BCUT2D eigenvalue weighted by atomic mass is 19.4. The molecule has 3 rings (SSSR count). The van der Waals surface area contributed by atoms with Crippen LogP contribution in [0.25, 0.3) is 0 Å². The van der Waals surface area contributed by atoms with Gasteiger partial charge in [0.05, 0.1) is 6.10 Å². The summed E-state index contributed by atoms with van der Waals surface area (Å²) in [6, 6.07) is 3.82. The number of nitrogens with one attached hydrogen (secondary N) is 1. The molecule has 0 spiro atoms. The van der Waals surface area contributed by atoms with Crippen molar-refractivity contribution in [1.82, 2.24) is 4.98 Å². The van der Waals surface area contributed by atoms with Gasteiger partial charge < -0.3 is 10.1 Å². The zero-order chi connectivity index (χ0) is 17.4. The monoisotopic (exact) mass is 338 g/mol. The molecule has 130 valence electrons. The predicted octanol–water partition coefficient (Wildman–Crippen LogP) is 4.45. The van der Waals surface area contributed by atoms with Gasteiger partial charge in [0.2, 0.25) is 0 Å². The molecule has 0 saturated heterocycles. The summed E-state index contributed by atoms with van der Waals surface area (Å²) < 4.78 is 45.5. The molecule has 1 aromatic rings. The second-order valence-corrected chi connectivity index (χ2v) is 6.54. The number of anilines is 1. The molecule has 1 aromatic heterocycles. The fourth-order valence-electron chi connectivity index (χ4n) is 3.70. The zero-order valence-corrected chi connectivity index (χ0v) is 13.7. The average Bonchev–Trinajstić information content (AvgIpc) is 2.95. The summed E-state index contributed by atoms with van der Waals surface area (Å²) in [5, 5.41) is 3.23. The molecule has 3 nitrogen and oxygen atoms in total. The minimum atomic E-state index is -4.31. The van der Waals surface area contributed by atoms with Crippen LogP contribution in [0, 0.1) is 5.41 Å². The Kier molecular flexibility index (Phi) is 4.42. The SMILES string of the molecule is CCOC(C1CNc2ncccc21)C1(C)C=CC=C(C(F)(F)F)C1. The number of hydrogen-bond acceptors (Lipinski definition) is 3. The molecule has 0 saturated carbocycles. The van der Waals surface area contributed by atoms with Gasteiger partial charge in [-0.25, -0.2) is 4.98 Å². The lowest BCUT2D eigenvalue weighted by Crippen LogP contribution is -2.41. The van der Waals surface area contributed by atoms with E-state index in [1.54, 1.807) is 6.20 Å². The summed E-state index contributed by atoms with van der Waals surface area (Å²) in [6.07, 6.45) is 1.47. The largest absolute Gasteiger partial charge is 0.412 e. The highest BCUT2D eigenvalue weighted by Crippen LogP contribution is 2.47. The normalized spacial score (nSPS) is 27.4. The Hall–Kier alpha value is -1.82. The van der Waals surface area contributed by atoms with Crippen molar-refractivity contribution < 1.29 is 17.9 Å². The molecule has 1 N–H and O–H groups in total. The maximum atomic E-state index is 13.2. The molecule has 1 aliphatic heterocycles. The van der Waals surface area contributed by atoms with Crippen LogP contribution in [0.3, 0.4) is 0 Å². The van der Waals surface area contributed by atoms with Gasteiger partial charge in [-0.3, -0.25) is 0 Å². The second-order valence-electron chi connectivity index (χ2n) is 6.54. The van der Waals surface area contributed by atoms with Crippen molar-refractivity contribution in [3.8, 4) is 0 Å². The minimum absolute atomic E-state index is 0.0316. The number of halogens is 3. The van der Waals surface area contributed by atoms with Crippen molar-refractivity contribution in [3.05, 3.63) is 47.7 Å². The van der Waals surface area contributed by atoms with Gasteiger partial charge in [0.15, 0.2) is 0 Å². The zero-order valence-electron chi connectivity index (χ0n) is 13.7. The quantitative estimate of drug-likeness (QED) is 0.881. The van der Waals surface area contributed by atoms with E-state index in [0.29, 0.717) is 13.2 Å². The standard InChI is InChI=1S/C18H21F3N2O/c1-3-24-15(14-11-23-16-13(14)7-5-9-22-16)17(2)8-4-6-12(10-17)18(19,20)21/h4-9,14-15H,3,10-11H2,1-2H3,(H,22,23). The molecule has 0 fully saturated rings. The third-order valence-electron chi connectivity index (χ3n) is 4.80. The van der Waals surface area contributed by atoms with Crippen LogP contribution in [0.4, 0.5) is 19.0 Å². The van der Waals surface area contributed by atoms with Crippen molar-refractivity contribution in [2.45, 2.75) is 38.5 Å². The van der Waals surface area contributed by atoms with Crippen molar-refractivity contribution in [2.75, 3.05) is 18.5 Å². The molecule has 0 aromatic carbocycles. The first-order chi connectivity index (χ1) is 11.3. The Morgan fingerprint density at radius 3 is 2.96 bits per heavy atom. The smallest absolute Gasteiger partial charge is 0.377 e. The number of hydrogen-bond donors (Lipinski definition) is 1. The topological polar surface area (TPSA) is 34.1 Å². The first-order valence-corrected chi connectivity index (χ1v) is 8.11. The van der Waals surface area contributed by atoms with E-state index in [4.69, 9.17) is 4.74 Å². The molecule has 0 amide bonds. The first kappa shape index (κ1) is 17.0. The van der Waals surface area contributed by atoms with Crippen LogP contribution < -0.4 is 5.32 Å². The number of aromatic nitrogens is 1. The Balaban J connectivity index is 1.92. The molecule has 3 atom stereocenters. The molecule has 3 unspecified atom stereocenters. The van der Waals surface area contributed by atoms with Gasteiger partial charge in [0.25, 0.3) is 0 Å². The van der Waals surface area contributed by atoms with Gasteiger partial charge in [-0.1, -0.05) is 31.2 Å². The molecule has 6 heteroatoms. The summed E-state index contributed by atoms with van der Waals surface area (Å²) in [5.74, 6) is 0.762. The first-order valence-electron chi connectivity index (χ1n) is 8.11. The summed E-state index contributed by atoms with van der Waals surface area (Å²) in [4.78, 5) is 4.30. The molecule has 2 aliphatic rings. The number of rotatable bonds is 4. The fourth-order valence-corrected chi connectivity index (χ4v) is 3.70. The number of alkyl halides is 3. The molecular formula is C18H21F3N2O. The van der Waals surface area contributed by atoms with Crippen LogP contribution in [-0.4, -0.2) is 30.4 Å². The average molecular weight is 338 g/mol. The van der Waals surface area contributed by atoms with Gasteiger partial charge in [-0.05, 0) is 19.4 Å². The van der Waals surface area contributed by atoms with Gasteiger partial charge in [-0.15, -0.1) is 0 Å². The lowest BCUT2D eigenvalue weighted by atomic mass is 9.70. The van der Waals surface area contributed by atoms with E-state index in [1.165, 1.54) is 6.08 Å². The number of allylic oxidation sites excluding steroid dienone is 3. The third kappa shape index (κ3) is 3.07.